The van der Waals surface area contributed by atoms with Crippen LogP contribution in [0.4, 0.5) is 0 Å². The molecule has 3 nitrogen and oxygen atoms in total. The third kappa shape index (κ3) is 3.11. The zero-order chi connectivity index (χ0) is 12.1. The quantitative estimate of drug-likeness (QED) is 0.882. The van der Waals surface area contributed by atoms with E-state index >= 15 is 0 Å². The Bertz CT molecular complexity index is 436. The maximum atomic E-state index is 4.48. The van der Waals surface area contributed by atoms with Crippen LogP contribution in [0.25, 0.3) is 0 Å². The summed E-state index contributed by atoms with van der Waals surface area (Å²) in [5.74, 6) is 0. The molecule has 0 spiro atoms. The van der Waals surface area contributed by atoms with Gasteiger partial charge in [0.2, 0.25) is 0 Å². The molecule has 0 aliphatic rings. The molecule has 2 rings (SSSR count). The third-order valence-corrected chi connectivity index (χ3v) is 3.47. The first-order chi connectivity index (χ1) is 8.33. The molecule has 0 radical (unpaired) electrons. The van der Waals surface area contributed by atoms with Gasteiger partial charge in [0.05, 0.1) is 17.2 Å². The van der Waals surface area contributed by atoms with Gasteiger partial charge < -0.3 is 5.32 Å². The second-order valence-corrected chi connectivity index (χ2v) is 4.69. The fourth-order valence-corrected chi connectivity index (χ4v) is 2.35. The van der Waals surface area contributed by atoms with E-state index in [1.807, 2.05) is 18.8 Å². The summed E-state index contributed by atoms with van der Waals surface area (Å²) in [6.07, 6.45) is 3.88. The zero-order valence-corrected chi connectivity index (χ0v) is 11.0. The van der Waals surface area contributed by atoms with Crippen LogP contribution in [-0.4, -0.2) is 17.0 Å². The number of rotatable bonds is 5. The van der Waals surface area contributed by atoms with Gasteiger partial charge in [0, 0.05) is 23.7 Å². The second-order valence-electron chi connectivity index (χ2n) is 3.97. The Labute approximate surface area is 106 Å². The van der Waals surface area contributed by atoms with Gasteiger partial charge in [-0.05, 0) is 25.1 Å². The van der Waals surface area contributed by atoms with Crippen LogP contribution in [0, 0.1) is 0 Å². The average molecular weight is 247 g/mol. The van der Waals surface area contributed by atoms with Crippen molar-refractivity contribution in [2.45, 2.75) is 25.8 Å². The first kappa shape index (κ1) is 12.2. The van der Waals surface area contributed by atoms with Gasteiger partial charge in [-0.15, -0.1) is 11.3 Å². The van der Waals surface area contributed by atoms with Gasteiger partial charge >= 0.3 is 0 Å². The molecule has 90 valence electrons. The largest absolute Gasteiger partial charge is 0.311 e. The smallest absolute Gasteiger partial charge is 0.0795 e. The molecule has 0 saturated heterocycles. The van der Waals surface area contributed by atoms with E-state index in [4.69, 9.17) is 0 Å². The Balaban J connectivity index is 2.07. The van der Waals surface area contributed by atoms with E-state index in [1.54, 1.807) is 11.3 Å². The molecular formula is C13H17N3S. The highest BCUT2D eigenvalue weighted by molar-refractivity contribution is 7.07. The molecule has 1 N–H and O–H groups in total. The Morgan fingerprint density at radius 1 is 1.35 bits per heavy atom. The van der Waals surface area contributed by atoms with Gasteiger partial charge in [-0.1, -0.05) is 13.0 Å². The monoisotopic (exact) mass is 247 g/mol. The minimum Gasteiger partial charge on any atom is -0.311 e. The number of hydrogen-bond donors (Lipinski definition) is 1. The minimum atomic E-state index is 0.251. The summed E-state index contributed by atoms with van der Waals surface area (Å²) in [7, 11) is 1.96. The van der Waals surface area contributed by atoms with Crippen molar-refractivity contribution in [2.75, 3.05) is 7.05 Å². The molecule has 0 aromatic carbocycles. The van der Waals surface area contributed by atoms with Gasteiger partial charge in [0.25, 0.3) is 0 Å². The maximum absolute atomic E-state index is 4.48. The molecule has 2 aromatic rings. The normalized spacial score (nSPS) is 12.6. The van der Waals surface area contributed by atoms with E-state index in [0.717, 1.165) is 24.2 Å². The molecule has 0 amide bonds. The first-order valence-electron chi connectivity index (χ1n) is 5.82. The highest BCUT2D eigenvalue weighted by Crippen LogP contribution is 2.17. The molecule has 0 aliphatic heterocycles. The van der Waals surface area contributed by atoms with E-state index in [-0.39, 0.29) is 6.04 Å². The van der Waals surface area contributed by atoms with Crippen molar-refractivity contribution in [3.63, 3.8) is 0 Å². The van der Waals surface area contributed by atoms with Crippen molar-refractivity contribution in [3.05, 3.63) is 46.2 Å². The second kappa shape index (κ2) is 5.89. The molecule has 0 aliphatic carbocycles. The van der Waals surface area contributed by atoms with E-state index in [1.165, 1.54) is 5.56 Å². The summed E-state index contributed by atoms with van der Waals surface area (Å²) in [5.41, 5.74) is 5.35. The Hall–Kier alpha value is -1.26. The summed E-state index contributed by atoms with van der Waals surface area (Å²) in [4.78, 5) is 8.83. The van der Waals surface area contributed by atoms with E-state index in [0.29, 0.717) is 0 Å². The molecule has 1 atom stereocenters. The van der Waals surface area contributed by atoms with Gasteiger partial charge in [-0.2, -0.15) is 0 Å². The average Bonchev–Trinajstić information content (AvgIpc) is 2.90. The van der Waals surface area contributed by atoms with Crippen LogP contribution in [0.2, 0.25) is 0 Å². The van der Waals surface area contributed by atoms with E-state index in [9.17, 15) is 0 Å². The van der Waals surface area contributed by atoms with Crippen molar-refractivity contribution in [3.8, 4) is 0 Å². The predicted octanol–water partition coefficient (Wildman–Crippen LogP) is 2.60. The molecular weight excluding hydrogens is 230 g/mol. The number of nitrogens with one attached hydrogen (secondary N) is 1. The summed E-state index contributed by atoms with van der Waals surface area (Å²) in [6, 6.07) is 4.51. The lowest BCUT2D eigenvalue weighted by Gasteiger charge is -2.13. The molecule has 17 heavy (non-hydrogen) atoms. The minimum absolute atomic E-state index is 0.251. The fourth-order valence-electron chi connectivity index (χ4n) is 1.74. The molecule has 0 bridgehead atoms. The molecule has 2 aromatic heterocycles. The van der Waals surface area contributed by atoms with E-state index < -0.39 is 0 Å². The SMILES string of the molecule is CCc1ccc(CC(NC)c2cscn2)nc1. The van der Waals surface area contributed by atoms with Gasteiger partial charge in [-0.25, -0.2) is 4.98 Å². The number of hydrogen-bond acceptors (Lipinski definition) is 4. The van der Waals surface area contributed by atoms with Gasteiger partial charge in [-0.3, -0.25) is 4.98 Å². The summed E-state index contributed by atoms with van der Waals surface area (Å²) >= 11 is 1.63. The van der Waals surface area contributed by atoms with Crippen LogP contribution in [0.1, 0.15) is 29.9 Å². The summed E-state index contributed by atoms with van der Waals surface area (Å²) in [5, 5.41) is 5.37. The van der Waals surface area contributed by atoms with Crippen molar-refractivity contribution < 1.29 is 0 Å². The van der Waals surface area contributed by atoms with Crippen LogP contribution < -0.4 is 5.32 Å². The number of likely N-dealkylation sites (N-methyl/N-ethyl adjacent to an activating group) is 1. The Morgan fingerprint density at radius 3 is 2.76 bits per heavy atom. The maximum Gasteiger partial charge on any atom is 0.0795 e. The van der Waals surface area contributed by atoms with Gasteiger partial charge in [0.15, 0.2) is 0 Å². The number of aromatic nitrogens is 2. The highest BCUT2D eigenvalue weighted by atomic mass is 32.1. The number of thiazole rings is 1. The van der Waals surface area contributed by atoms with Crippen molar-refractivity contribution in [1.29, 1.82) is 0 Å². The molecule has 0 fully saturated rings. The van der Waals surface area contributed by atoms with Crippen LogP contribution in [0.15, 0.2) is 29.2 Å². The predicted molar refractivity (Wildman–Crippen MR) is 71.2 cm³/mol. The Morgan fingerprint density at radius 2 is 2.24 bits per heavy atom. The standard InChI is InChI=1S/C13H17N3S/c1-3-10-4-5-11(15-7-10)6-12(14-2)13-8-17-9-16-13/h4-5,7-9,12,14H,3,6H2,1-2H3. The molecule has 1 unspecified atom stereocenters. The van der Waals surface area contributed by atoms with Gasteiger partial charge in [0.1, 0.15) is 0 Å². The number of aryl methyl sites for hydroxylation is 1. The lowest BCUT2D eigenvalue weighted by molar-refractivity contribution is 0.572. The lowest BCUT2D eigenvalue weighted by Crippen LogP contribution is -2.19. The lowest BCUT2D eigenvalue weighted by atomic mass is 10.1. The third-order valence-electron chi connectivity index (χ3n) is 2.86. The molecule has 4 heteroatoms. The van der Waals surface area contributed by atoms with Crippen LogP contribution in [-0.2, 0) is 12.8 Å². The van der Waals surface area contributed by atoms with Crippen molar-refractivity contribution in [1.82, 2.24) is 15.3 Å². The van der Waals surface area contributed by atoms with Crippen molar-refractivity contribution in [2.24, 2.45) is 0 Å². The van der Waals surface area contributed by atoms with Crippen LogP contribution in [0.5, 0.6) is 0 Å². The Kier molecular flexibility index (Phi) is 4.23. The van der Waals surface area contributed by atoms with Crippen LogP contribution >= 0.6 is 11.3 Å². The fraction of sp³-hybridized carbons (Fsp3) is 0.385. The zero-order valence-electron chi connectivity index (χ0n) is 10.2. The van der Waals surface area contributed by atoms with E-state index in [2.05, 4.69) is 39.7 Å². The van der Waals surface area contributed by atoms with Crippen LogP contribution in [0.3, 0.4) is 0 Å². The summed E-state index contributed by atoms with van der Waals surface area (Å²) in [6.45, 7) is 2.14. The van der Waals surface area contributed by atoms with Crippen molar-refractivity contribution >= 4 is 11.3 Å². The first-order valence-corrected chi connectivity index (χ1v) is 6.77. The number of pyridine rings is 1. The topological polar surface area (TPSA) is 37.8 Å². The number of nitrogens with zero attached hydrogens (tertiary/aromatic N) is 2. The molecule has 2 heterocycles. The summed E-state index contributed by atoms with van der Waals surface area (Å²) < 4.78 is 0. The molecule has 0 saturated carbocycles. The highest BCUT2D eigenvalue weighted by Gasteiger charge is 2.12.